The van der Waals surface area contributed by atoms with Gasteiger partial charge in [0.25, 0.3) is 11.8 Å². The van der Waals surface area contributed by atoms with Gasteiger partial charge in [0.2, 0.25) is 5.91 Å². The number of hydrogen-bond donors (Lipinski definition) is 2. The first-order chi connectivity index (χ1) is 26.9. The molecule has 10 heteroatoms. The molecule has 56 heavy (non-hydrogen) atoms. The van der Waals surface area contributed by atoms with Crippen molar-refractivity contribution in [2.75, 3.05) is 51.0 Å². The second-order valence-electron chi connectivity index (χ2n) is 15.5. The maximum absolute atomic E-state index is 14.9. The Morgan fingerprint density at radius 2 is 1.55 bits per heavy atom. The number of carbonyl (C=O) groups excluding carboxylic acids is 3. The van der Waals surface area contributed by atoms with Crippen LogP contribution in [0, 0.1) is 6.92 Å². The molecule has 0 saturated heterocycles. The first-order valence-corrected chi connectivity index (χ1v) is 19.4. The number of phenolic OH excluding ortho intramolecular Hbond substituents is 1. The molecule has 3 amide bonds. The van der Waals surface area contributed by atoms with Crippen molar-refractivity contribution in [3.8, 4) is 17.0 Å². The van der Waals surface area contributed by atoms with Crippen molar-refractivity contribution in [3.05, 3.63) is 136 Å². The van der Waals surface area contributed by atoms with Crippen molar-refractivity contribution in [1.82, 2.24) is 19.3 Å². The van der Waals surface area contributed by atoms with Gasteiger partial charge in [0.15, 0.2) is 0 Å². The summed E-state index contributed by atoms with van der Waals surface area (Å²) in [6, 6.07) is 28.8. The van der Waals surface area contributed by atoms with Crippen LogP contribution in [0.4, 0.5) is 11.4 Å². The zero-order valence-corrected chi connectivity index (χ0v) is 33.3. The van der Waals surface area contributed by atoms with Crippen LogP contribution in [-0.4, -0.2) is 88.9 Å². The zero-order valence-electron chi connectivity index (χ0n) is 33.3. The number of nitrogens with zero attached hydrogens (tertiary/aromatic N) is 5. The van der Waals surface area contributed by atoms with Crippen LogP contribution in [0.2, 0.25) is 0 Å². The van der Waals surface area contributed by atoms with E-state index in [1.807, 2.05) is 91.0 Å². The van der Waals surface area contributed by atoms with Gasteiger partial charge in [0.1, 0.15) is 5.75 Å². The normalized spacial score (nSPS) is 15.0. The highest BCUT2D eigenvalue weighted by molar-refractivity contribution is 6.08. The molecule has 2 aliphatic rings. The number of aromatic hydroxyl groups is 1. The molecule has 4 aromatic carbocycles. The molecular formula is C46H52N6O4. The third-order valence-corrected chi connectivity index (χ3v) is 11.5. The summed E-state index contributed by atoms with van der Waals surface area (Å²) < 4.78 is 1.99. The number of fused-ring (bicyclic) bond motifs is 2. The zero-order chi connectivity index (χ0) is 39.7. The maximum Gasteiger partial charge on any atom is 0.259 e. The number of benzene rings is 4. The summed E-state index contributed by atoms with van der Waals surface area (Å²) in [6.45, 7) is 7.17. The minimum absolute atomic E-state index is 0.0167. The van der Waals surface area contributed by atoms with E-state index in [4.69, 9.17) is 0 Å². The smallest absolute Gasteiger partial charge is 0.259 e. The number of rotatable bonds is 10. The van der Waals surface area contributed by atoms with E-state index in [2.05, 4.69) is 35.3 Å². The number of aromatic nitrogens is 1. The summed E-state index contributed by atoms with van der Waals surface area (Å²) in [7, 11) is 7.73. The van der Waals surface area contributed by atoms with E-state index < -0.39 is 0 Å². The van der Waals surface area contributed by atoms with Crippen LogP contribution in [0.3, 0.4) is 0 Å². The van der Waals surface area contributed by atoms with Crippen molar-refractivity contribution >= 4 is 29.1 Å². The summed E-state index contributed by atoms with van der Waals surface area (Å²) in [5.74, 6) is -0.0791. The molecule has 10 nitrogen and oxygen atoms in total. The standard InChI is InChI=1S/C46H52N6O4/c1-30-23-32-11-7-8-13-35(32)29-52(30)46(56)41-25-36-28-51(44(54)26-34-12-9-10-14-42(34)47-20-22-48(3)4)21-19-33(36)24-40(41)43-27-39(31(2)49(43)5)45(55)50(6)37-15-17-38(53)18-16-37/h7-18,24-25,27,30,47,53H,19-23,26,28-29H2,1-6H3/t30-/m1/s1. The number of nitrogens with one attached hydrogen (secondary N) is 1. The molecule has 0 bridgehead atoms. The predicted octanol–water partition coefficient (Wildman–Crippen LogP) is 6.67. The van der Waals surface area contributed by atoms with E-state index in [0.717, 1.165) is 64.4 Å². The highest BCUT2D eigenvalue weighted by Gasteiger charge is 2.32. The Bertz CT molecular complexity index is 2280. The molecule has 0 saturated carbocycles. The number of anilines is 2. The van der Waals surface area contributed by atoms with Crippen molar-refractivity contribution < 1.29 is 19.5 Å². The van der Waals surface area contributed by atoms with Gasteiger partial charge in [-0.25, -0.2) is 0 Å². The van der Waals surface area contributed by atoms with Crippen LogP contribution >= 0.6 is 0 Å². The van der Waals surface area contributed by atoms with E-state index in [1.165, 1.54) is 5.56 Å². The Morgan fingerprint density at radius 1 is 0.839 bits per heavy atom. The molecule has 290 valence electrons. The first-order valence-electron chi connectivity index (χ1n) is 19.4. The number of amides is 3. The first kappa shape index (κ1) is 38.4. The van der Waals surface area contributed by atoms with Crippen LogP contribution in [-0.2, 0) is 44.2 Å². The van der Waals surface area contributed by atoms with Crippen LogP contribution < -0.4 is 10.2 Å². The van der Waals surface area contributed by atoms with Crippen LogP contribution in [0.15, 0.2) is 91.0 Å². The minimum atomic E-state index is -0.189. The van der Waals surface area contributed by atoms with Crippen molar-refractivity contribution in [3.63, 3.8) is 0 Å². The Balaban J connectivity index is 1.23. The van der Waals surface area contributed by atoms with E-state index in [9.17, 15) is 19.5 Å². The van der Waals surface area contributed by atoms with E-state index in [-0.39, 0.29) is 35.9 Å². The second-order valence-corrected chi connectivity index (χ2v) is 15.5. The third-order valence-electron chi connectivity index (χ3n) is 11.5. The molecular weight excluding hydrogens is 701 g/mol. The Morgan fingerprint density at radius 3 is 2.30 bits per heavy atom. The highest BCUT2D eigenvalue weighted by Crippen LogP contribution is 2.36. The summed E-state index contributed by atoms with van der Waals surface area (Å²) >= 11 is 0. The molecule has 2 aliphatic heterocycles. The Labute approximate surface area is 330 Å². The van der Waals surface area contributed by atoms with Crippen molar-refractivity contribution in [2.24, 2.45) is 7.05 Å². The monoisotopic (exact) mass is 752 g/mol. The minimum Gasteiger partial charge on any atom is -0.508 e. The summed E-state index contributed by atoms with van der Waals surface area (Å²) in [5, 5.41) is 13.3. The lowest BCUT2D eigenvalue weighted by molar-refractivity contribution is -0.131. The SMILES string of the molecule is Cc1c(C(=O)N(C)c2ccc(O)cc2)cc(-c2cc3c(cc2C(=O)N2Cc4ccccc4C[C@H]2C)CN(C(=O)Cc2ccccc2NCCN(C)C)CC3)n1C. The van der Waals surface area contributed by atoms with Crippen molar-refractivity contribution in [2.45, 2.75) is 52.2 Å². The van der Waals surface area contributed by atoms with E-state index in [1.54, 1.807) is 36.2 Å². The molecule has 0 fully saturated rings. The fourth-order valence-corrected chi connectivity index (χ4v) is 8.00. The van der Waals surface area contributed by atoms with Crippen LogP contribution in [0.5, 0.6) is 5.75 Å². The van der Waals surface area contributed by atoms with Gasteiger partial charge >= 0.3 is 0 Å². The quantitative estimate of drug-likeness (QED) is 0.165. The topological polar surface area (TPSA) is 101 Å². The number of para-hydroxylation sites is 1. The lowest BCUT2D eigenvalue weighted by Crippen LogP contribution is -2.43. The van der Waals surface area contributed by atoms with Gasteiger partial charge in [-0.2, -0.15) is 0 Å². The average molecular weight is 753 g/mol. The lowest BCUT2D eigenvalue weighted by atomic mass is 9.89. The van der Waals surface area contributed by atoms with Gasteiger partial charge in [0.05, 0.1) is 12.0 Å². The molecule has 0 radical (unpaired) electrons. The fourth-order valence-electron chi connectivity index (χ4n) is 8.00. The van der Waals surface area contributed by atoms with Gasteiger partial charge in [0, 0.05) is 86.8 Å². The van der Waals surface area contributed by atoms with E-state index >= 15 is 0 Å². The summed E-state index contributed by atoms with van der Waals surface area (Å²) in [5.41, 5.74) is 10.5. The molecule has 3 heterocycles. The lowest BCUT2D eigenvalue weighted by Gasteiger charge is -2.36. The molecule has 1 aromatic heterocycles. The molecule has 5 aromatic rings. The van der Waals surface area contributed by atoms with Crippen LogP contribution in [0.1, 0.15) is 61.2 Å². The molecule has 1 atom stereocenters. The number of likely N-dealkylation sites (N-methyl/N-ethyl adjacent to an activating group) is 1. The highest BCUT2D eigenvalue weighted by atomic mass is 16.3. The Kier molecular flexibility index (Phi) is 11.0. The fraction of sp³-hybridized carbons (Fsp3) is 0.326. The second kappa shape index (κ2) is 16.1. The van der Waals surface area contributed by atoms with Crippen LogP contribution in [0.25, 0.3) is 11.3 Å². The maximum atomic E-state index is 14.9. The van der Waals surface area contributed by atoms with Gasteiger partial charge in [-0.1, -0.05) is 42.5 Å². The summed E-state index contributed by atoms with van der Waals surface area (Å²) in [4.78, 5) is 50.4. The third kappa shape index (κ3) is 7.79. The number of phenols is 1. The molecule has 0 unspecified atom stereocenters. The van der Waals surface area contributed by atoms with Gasteiger partial charge in [-0.15, -0.1) is 0 Å². The van der Waals surface area contributed by atoms with Gasteiger partial charge < -0.3 is 34.6 Å². The number of hydrogen-bond acceptors (Lipinski definition) is 6. The summed E-state index contributed by atoms with van der Waals surface area (Å²) in [6.07, 6.45) is 1.70. The molecule has 7 rings (SSSR count). The average Bonchev–Trinajstić information content (AvgIpc) is 3.49. The van der Waals surface area contributed by atoms with Gasteiger partial charge in [-0.3, -0.25) is 14.4 Å². The van der Waals surface area contributed by atoms with Crippen molar-refractivity contribution in [1.29, 1.82) is 0 Å². The van der Waals surface area contributed by atoms with Gasteiger partial charge in [-0.05, 0) is 117 Å². The number of carbonyl (C=O) groups is 3. The predicted molar refractivity (Wildman–Crippen MR) is 222 cm³/mol. The molecule has 2 N–H and O–H groups in total. The largest absolute Gasteiger partial charge is 0.508 e. The molecule has 0 aliphatic carbocycles. The molecule has 0 spiro atoms. The van der Waals surface area contributed by atoms with E-state index in [0.29, 0.717) is 42.9 Å². The Hall–Kier alpha value is -5.87.